The lowest BCUT2D eigenvalue weighted by atomic mass is 10.2. The molecule has 2 aliphatic rings. The Morgan fingerprint density at radius 1 is 1.04 bits per heavy atom. The molecule has 0 unspecified atom stereocenters. The van der Waals surface area contributed by atoms with Crippen molar-refractivity contribution in [1.29, 1.82) is 0 Å². The molecule has 3 amide bonds. The number of hydrogen-bond acceptors (Lipinski definition) is 4. The summed E-state index contributed by atoms with van der Waals surface area (Å²) in [6.45, 7) is 2.13. The summed E-state index contributed by atoms with van der Waals surface area (Å²) in [5.41, 5.74) is 1.40. The van der Waals surface area contributed by atoms with Gasteiger partial charge in [0.05, 0.1) is 11.4 Å². The Kier molecular flexibility index (Phi) is 5.55. The molecule has 28 heavy (non-hydrogen) atoms. The number of aryl methyl sites for hydroxylation is 1. The SMILES string of the molecule is O=C(NCCc1nnc2n1CCCCC2)Nc1ccccc1N1CCCC1=O. The molecule has 0 radical (unpaired) electrons. The highest BCUT2D eigenvalue weighted by Crippen LogP contribution is 2.29. The van der Waals surface area contributed by atoms with Gasteiger partial charge in [-0.15, -0.1) is 10.2 Å². The summed E-state index contributed by atoms with van der Waals surface area (Å²) >= 11 is 0. The fourth-order valence-corrected chi connectivity index (χ4v) is 3.90. The molecule has 2 N–H and O–H groups in total. The van der Waals surface area contributed by atoms with Crippen LogP contribution in [0.4, 0.5) is 16.2 Å². The van der Waals surface area contributed by atoms with Gasteiger partial charge in [-0.05, 0) is 31.4 Å². The molecule has 4 rings (SSSR count). The van der Waals surface area contributed by atoms with E-state index < -0.39 is 0 Å². The largest absolute Gasteiger partial charge is 0.337 e. The molecule has 148 valence electrons. The van der Waals surface area contributed by atoms with Crippen LogP contribution in [0, 0.1) is 0 Å². The van der Waals surface area contributed by atoms with Crippen LogP contribution >= 0.6 is 0 Å². The average molecular weight is 382 g/mol. The Bertz CT molecular complexity index is 862. The Labute approximate surface area is 164 Å². The first-order chi connectivity index (χ1) is 13.7. The van der Waals surface area contributed by atoms with Crippen molar-refractivity contribution in [3.8, 4) is 0 Å². The third-order valence-corrected chi connectivity index (χ3v) is 5.34. The van der Waals surface area contributed by atoms with Crippen LogP contribution in [0.2, 0.25) is 0 Å². The second kappa shape index (κ2) is 8.41. The molecule has 1 saturated heterocycles. The first-order valence-corrected chi connectivity index (χ1v) is 10.1. The maximum atomic E-state index is 12.4. The molecule has 0 bridgehead atoms. The number of urea groups is 1. The lowest BCUT2D eigenvalue weighted by Crippen LogP contribution is -2.32. The topological polar surface area (TPSA) is 92.2 Å². The minimum absolute atomic E-state index is 0.0992. The Morgan fingerprint density at radius 3 is 2.79 bits per heavy atom. The van der Waals surface area contributed by atoms with E-state index in [-0.39, 0.29) is 11.9 Å². The van der Waals surface area contributed by atoms with E-state index in [1.54, 1.807) is 4.90 Å². The van der Waals surface area contributed by atoms with Crippen LogP contribution in [0.25, 0.3) is 0 Å². The van der Waals surface area contributed by atoms with Crippen molar-refractivity contribution in [2.45, 2.75) is 51.5 Å². The predicted molar refractivity (Wildman–Crippen MR) is 106 cm³/mol. The molecule has 8 heteroatoms. The van der Waals surface area contributed by atoms with E-state index in [1.807, 2.05) is 24.3 Å². The molecule has 0 saturated carbocycles. The predicted octanol–water partition coefficient (Wildman–Crippen LogP) is 2.50. The zero-order chi connectivity index (χ0) is 19.3. The van der Waals surface area contributed by atoms with E-state index in [0.29, 0.717) is 31.6 Å². The summed E-state index contributed by atoms with van der Waals surface area (Å²) in [5, 5.41) is 14.3. The summed E-state index contributed by atoms with van der Waals surface area (Å²) in [5.74, 6) is 2.09. The summed E-state index contributed by atoms with van der Waals surface area (Å²) < 4.78 is 2.20. The van der Waals surface area contributed by atoms with Gasteiger partial charge in [-0.25, -0.2) is 4.79 Å². The van der Waals surface area contributed by atoms with Crippen LogP contribution in [0.3, 0.4) is 0 Å². The monoisotopic (exact) mass is 382 g/mol. The summed E-state index contributed by atoms with van der Waals surface area (Å²) in [6.07, 6.45) is 6.57. The van der Waals surface area contributed by atoms with Gasteiger partial charge in [-0.2, -0.15) is 0 Å². The molecule has 8 nitrogen and oxygen atoms in total. The number of benzene rings is 1. The van der Waals surface area contributed by atoms with Crippen molar-refractivity contribution in [2.24, 2.45) is 0 Å². The van der Waals surface area contributed by atoms with Crippen LogP contribution in [-0.2, 0) is 24.2 Å². The number of anilines is 2. The van der Waals surface area contributed by atoms with Crippen LogP contribution < -0.4 is 15.5 Å². The van der Waals surface area contributed by atoms with Crippen molar-refractivity contribution in [3.63, 3.8) is 0 Å². The number of fused-ring (bicyclic) bond motifs is 1. The normalized spacial score (nSPS) is 16.6. The van der Waals surface area contributed by atoms with Gasteiger partial charge >= 0.3 is 6.03 Å². The number of amides is 3. The molecule has 0 aliphatic carbocycles. The van der Waals surface area contributed by atoms with Crippen molar-refractivity contribution < 1.29 is 9.59 Å². The number of nitrogens with zero attached hydrogens (tertiary/aromatic N) is 4. The molecule has 2 aliphatic heterocycles. The van der Waals surface area contributed by atoms with E-state index in [1.165, 1.54) is 6.42 Å². The van der Waals surface area contributed by atoms with Gasteiger partial charge in [0.1, 0.15) is 11.6 Å². The van der Waals surface area contributed by atoms with E-state index in [2.05, 4.69) is 25.4 Å². The van der Waals surface area contributed by atoms with E-state index in [9.17, 15) is 9.59 Å². The lowest BCUT2D eigenvalue weighted by molar-refractivity contribution is -0.117. The Morgan fingerprint density at radius 2 is 1.93 bits per heavy atom. The fraction of sp³-hybridized carbons (Fsp3) is 0.500. The molecular formula is C20H26N6O2. The quantitative estimate of drug-likeness (QED) is 0.831. The highest BCUT2D eigenvalue weighted by molar-refractivity contribution is 6.01. The second-order valence-corrected chi connectivity index (χ2v) is 7.29. The molecule has 1 aromatic heterocycles. The van der Waals surface area contributed by atoms with Crippen molar-refractivity contribution in [2.75, 3.05) is 23.3 Å². The summed E-state index contributed by atoms with van der Waals surface area (Å²) in [6, 6.07) is 7.13. The van der Waals surface area contributed by atoms with E-state index >= 15 is 0 Å². The number of hydrogen-bond donors (Lipinski definition) is 2. The number of nitrogens with one attached hydrogen (secondary N) is 2. The highest BCUT2D eigenvalue weighted by Gasteiger charge is 2.24. The van der Waals surface area contributed by atoms with Gasteiger partial charge in [0.15, 0.2) is 0 Å². The van der Waals surface area contributed by atoms with Crippen LogP contribution in [-0.4, -0.2) is 39.8 Å². The third kappa shape index (κ3) is 4.00. The number of carbonyl (C=O) groups is 2. The molecule has 2 aromatic rings. The van der Waals surface area contributed by atoms with Gasteiger partial charge in [0, 0.05) is 38.9 Å². The standard InChI is InChI=1S/C20H26N6O2/c27-19-10-6-14-25(19)16-8-4-3-7-15(16)22-20(28)21-12-11-18-24-23-17-9-2-1-5-13-26(17)18/h3-4,7-8H,1-2,5-6,9-14H2,(H2,21,22,28). The van der Waals surface area contributed by atoms with Crippen LogP contribution in [0.15, 0.2) is 24.3 Å². The van der Waals surface area contributed by atoms with E-state index in [0.717, 1.165) is 49.6 Å². The number of aromatic nitrogens is 3. The van der Waals surface area contributed by atoms with Gasteiger partial charge in [-0.3, -0.25) is 4.79 Å². The third-order valence-electron chi connectivity index (χ3n) is 5.34. The number of para-hydroxylation sites is 2. The van der Waals surface area contributed by atoms with E-state index in [4.69, 9.17) is 0 Å². The molecule has 1 aromatic carbocycles. The van der Waals surface area contributed by atoms with Crippen molar-refractivity contribution >= 4 is 23.3 Å². The lowest BCUT2D eigenvalue weighted by Gasteiger charge is -2.20. The highest BCUT2D eigenvalue weighted by atomic mass is 16.2. The maximum absolute atomic E-state index is 12.4. The zero-order valence-electron chi connectivity index (χ0n) is 16.0. The average Bonchev–Trinajstić information content (AvgIpc) is 3.20. The molecule has 1 fully saturated rings. The zero-order valence-corrected chi connectivity index (χ0v) is 16.0. The molecule has 0 spiro atoms. The van der Waals surface area contributed by atoms with Gasteiger partial charge in [0.2, 0.25) is 5.91 Å². The number of carbonyl (C=O) groups excluding carboxylic acids is 2. The maximum Gasteiger partial charge on any atom is 0.319 e. The fourth-order valence-electron chi connectivity index (χ4n) is 3.90. The van der Waals surface area contributed by atoms with Gasteiger partial charge in [0.25, 0.3) is 0 Å². The van der Waals surface area contributed by atoms with Crippen LogP contribution in [0.5, 0.6) is 0 Å². The summed E-state index contributed by atoms with van der Waals surface area (Å²) in [4.78, 5) is 26.1. The van der Waals surface area contributed by atoms with Crippen molar-refractivity contribution in [1.82, 2.24) is 20.1 Å². The minimum Gasteiger partial charge on any atom is -0.337 e. The van der Waals surface area contributed by atoms with Gasteiger partial charge < -0.3 is 20.1 Å². The Hall–Kier alpha value is -2.90. The Balaban J connectivity index is 1.33. The smallest absolute Gasteiger partial charge is 0.319 e. The second-order valence-electron chi connectivity index (χ2n) is 7.29. The first kappa shape index (κ1) is 18.5. The molecule has 3 heterocycles. The van der Waals surface area contributed by atoms with Crippen molar-refractivity contribution in [3.05, 3.63) is 35.9 Å². The van der Waals surface area contributed by atoms with Crippen LogP contribution in [0.1, 0.15) is 43.8 Å². The number of rotatable bonds is 5. The van der Waals surface area contributed by atoms with Gasteiger partial charge in [-0.1, -0.05) is 18.6 Å². The molecule has 0 atom stereocenters. The minimum atomic E-state index is -0.283. The molecular weight excluding hydrogens is 356 g/mol. The summed E-state index contributed by atoms with van der Waals surface area (Å²) in [7, 11) is 0. The first-order valence-electron chi connectivity index (χ1n) is 10.1.